The predicted octanol–water partition coefficient (Wildman–Crippen LogP) is 4.97. The van der Waals surface area contributed by atoms with Crippen LogP contribution in [0.1, 0.15) is 59.9 Å². The first-order valence-corrected chi connectivity index (χ1v) is 7.58. The number of carbonyl (C=O) groups is 2. The van der Waals surface area contributed by atoms with Crippen molar-refractivity contribution in [1.29, 1.82) is 0 Å². The lowest BCUT2D eigenvalue weighted by Gasteiger charge is -2.11. The van der Waals surface area contributed by atoms with Gasteiger partial charge in [-0.15, -0.1) is 0 Å². The van der Waals surface area contributed by atoms with E-state index in [1.165, 1.54) is 0 Å². The number of ether oxygens (including phenoxy) is 1. The van der Waals surface area contributed by atoms with Crippen molar-refractivity contribution in [2.45, 2.75) is 61.0 Å². The summed E-state index contributed by atoms with van der Waals surface area (Å²) in [5, 5.41) is 2.73. The minimum absolute atomic E-state index is 0. The average Bonchev–Trinajstić information content (AvgIpc) is 2.49. The van der Waals surface area contributed by atoms with Crippen molar-refractivity contribution >= 4 is 11.9 Å². The molecule has 1 rings (SSSR count). The summed E-state index contributed by atoms with van der Waals surface area (Å²) in [6, 6.07) is 9.58. The van der Waals surface area contributed by atoms with Crippen LogP contribution in [0.3, 0.4) is 0 Å². The van der Waals surface area contributed by atoms with E-state index in [0.29, 0.717) is 6.54 Å². The van der Waals surface area contributed by atoms with Crippen LogP contribution in [0.5, 0.6) is 0 Å². The van der Waals surface area contributed by atoms with Crippen LogP contribution in [0.4, 0.5) is 4.79 Å². The molecular formula is C19H33NO3. The quantitative estimate of drug-likeness (QED) is 0.653. The summed E-state index contributed by atoms with van der Waals surface area (Å²) in [5.74, 6) is 0.419. The van der Waals surface area contributed by atoms with Crippen molar-refractivity contribution in [3.8, 4) is 0 Å². The average molecular weight is 323 g/mol. The second-order valence-electron chi connectivity index (χ2n) is 5.20. The van der Waals surface area contributed by atoms with Crippen molar-refractivity contribution in [2.24, 2.45) is 5.92 Å². The molecule has 0 saturated carbocycles. The van der Waals surface area contributed by atoms with Crippen molar-refractivity contribution in [1.82, 2.24) is 5.32 Å². The Morgan fingerprint density at radius 3 is 2.35 bits per heavy atom. The number of benzene rings is 1. The number of rotatable bonds is 9. The number of Topliss-reactive ketones (excluding diaryl/α,β-unsaturated/α-hetero) is 1. The fraction of sp³-hybridized carbons (Fsp3) is 0.579. The molecule has 0 aliphatic carbocycles. The van der Waals surface area contributed by atoms with Crippen LogP contribution in [0, 0.1) is 5.92 Å². The first-order valence-electron chi connectivity index (χ1n) is 7.58. The number of carbonyl (C=O) groups excluding carboxylic acids is 2. The van der Waals surface area contributed by atoms with E-state index >= 15 is 0 Å². The van der Waals surface area contributed by atoms with E-state index in [0.717, 1.165) is 31.2 Å². The van der Waals surface area contributed by atoms with Gasteiger partial charge in [0.2, 0.25) is 0 Å². The molecule has 1 amide bonds. The summed E-state index contributed by atoms with van der Waals surface area (Å²) in [6.07, 6.45) is 3.20. The number of amides is 1. The topological polar surface area (TPSA) is 55.4 Å². The molecule has 0 saturated heterocycles. The van der Waals surface area contributed by atoms with Gasteiger partial charge in [0.15, 0.2) is 0 Å². The van der Waals surface area contributed by atoms with E-state index in [1.54, 1.807) is 6.92 Å². The summed E-state index contributed by atoms with van der Waals surface area (Å²) in [7, 11) is 0. The molecule has 23 heavy (non-hydrogen) atoms. The SMILES string of the molecule is C.C.CCC(CCCCNC(=O)OCc1ccccc1)C(C)=O. The second-order valence-corrected chi connectivity index (χ2v) is 5.20. The third-order valence-corrected chi connectivity index (χ3v) is 3.53. The van der Waals surface area contributed by atoms with Crippen LogP contribution in [-0.2, 0) is 16.1 Å². The van der Waals surface area contributed by atoms with Gasteiger partial charge in [-0.1, -0.05) is 58.5 Å². The molecule has 1 atom stereocenters. The summed E-state index contributed by atoms with van der Waals surface area (Å²) in [5.41, 5.74) is 0.972. The zero-order valence-electron chi connectivity index (χ0n) is 12.9. The van der Waals surface area contributed by atoms with Crippen LogP contribution in [0.25, 0.3) is 0 Å². The Morgan fingerprint density at radius 2 is 1.78 bits per heavy atom. The predicted molar refractivity (Wildman–Crippen MR) is 96.4 cm³/mol. The maximum Gasteiger partial charge on any atom is 0.407 e. The van der Waals surface area contributed by atoms with Crippen LogP contribution < -0.4 is 5.32 Å². The maximum atomic E-state index is 11.5. The molecule has 0 aliphatic rings. The summed E-state index contributed by atoms with van der Waals surface area (Å²) in [6.45, 7) is 4.55. The van der Waals surface area contributed by atoms with Gasteiger partial charge >= 0.3 is 6.09 Å². The van der Waals surface area contributed by atoms with E-state index in [-0.39, 0.29) is 33.2 Å². The Balaban J connectivity index is 0. The standard InChI is InChI=1S/C17H25NO3.2CH4/c1-3-16(14(2)19)11-7-8-12-18-17(20)21-13-15-9-5-4-6-10-15;;/h4-6,9-10,16H,3,7-8,11-13H2,1-2H3,(H,18,20);2*1H4. The molecule has 0 bridgehead atoms. The van der Waals surface area contributed by atoms with Gasteiger partial charge in [0.05, 0.1) is 0 Å². The second kappa shape index (κ2) is 13.8. The van der Waals surface area contributed by atoms with Gasteiger partial charge in [-0.2, -0.15) is 0 Å². The fourth-order valence-corrected chi connectivity index (χ4v) is 2.18. The number of nitrogens with one attached hydrogen (secondary N) is 1. The van der Waals surface area contributed by atoms with Gasteiger partial charge in [0.1, 0.15) is 12.4 Å². The number of hydrogen-bond acceptors (Lipinski definition) is 3. The van der Waals surface area contributed by atoms with Crippen LogP contribution in [-0.4, -0.2) is 18.4 Å². The molecule has 4 nitrogen and oxygen atoms in total. The molecule has 132 valence electrons. The van der Waals surface area contributed by atoms with Gasteiger partial charge in [-0.25, -0.2) is 4.79 Å². The number of alkyl carbamates (subject to hydrolysis) is 1. The molecule has 0 spiro atoms. The number of unbranched alkanes of at least 4 members (excludes halogenated alkanes) is 1. The van der Waals surface area contributed by atoms with E-state index in [2.05, 4.69) is 5.32 Å². The largest absolute Gasteiger partial charge is 0.445 e. The Bertz CT molecular complexity index is 432. The summed E-state index contributed by atoms with van der Waals surface area (Å²) in [4.78, 5) is 22.8. The fourth-order valence-electron chi connectivity index (χ4n) is 2.18. The van der Waals surface area contributed by atoms with Gasteiger partial charge in [0.25, 0.3) is 0 Å². The molecule has 0 fully saturated rings. The smallest absolute Gasteiger partial charge is 0.407 e. The van der Waals surface area contributed by atoms with Gasteiger partial charge in [-0.3, -0.25) is 4.79 Å². The molecular weight excluding hydrogens is 290 g/mol. The zero-order valence-corrected chi connectivity index (χ0v) is 12.9. The summed E-state index contributed by atoms with van der Waals surface area (Å²) < 4.78 is 5.11. The van der Waals surface area contributed by atoms with E-state index < -0.39 is 6.09 Å². The molecule has 1 aromatic carbocycles. The van der Waals surface area contributed by atoms with Gasteiger partial charge in [-0.05, 0) is 31.7 Å². The highest BCUT2D eigenvalue weighted by molar-refractivity contribution is 5.78. The summed E-state index contributed by atoms with van der Waals surface area (Å²) >= 11 is 0. The van der Waals surface area contributed by atoms with Gasteiger partial charge in [0, 0.05) is 12.5 Å². The highest BCUT2D eigenvalue weighted by atomic mass is 16.5. The monoisotopic (exact) mass is 323 g/mol. The van der Waals surface area contributed by atoms with Crippen LogP contribution in [0.15, 0.2) is 30.3 Å². The lowest BCUT2D eigenvalue weighted by molar-refractivity contribution is -0.121. The normalized spacial score (nSPS) is 10.7. The Labute approximate surface area is 141 Å². The first kappa shape index (κ1) is 23.4. The number of hydrogen-bond donors (Lipinski definition) is 1. The van der Waals surface area contributed by atoms with E-state index in [9.17, 15) is 9.59 Å². The van der Waals surface area contributed by atoms with Crippen LogP contribution in [0.2, 0.25) is 0 Å². The lowest BCUT2D eigenvalue weighted by atomic mass is 9.96. The molecule has 0 aromatic heterocycles. The third-order valence-electron chi connectivity index (χ3n) is 3.53. The van der Waals surface area contributed by atoms with Crippen molar-refractivity contribution in [2.75, 3.05) is 6.54 Å². The Hall–Kier alpha value is -1.84. The maximum absolute atomic E-state index is 11.5. The molecule has 4 heteroatoms. The van der Waals surface area contributed by atoms with E-state index in [1.807, 2.05) is 37.3 Å². The minimum Gasteiger partial charge on any atom is -0.445 e. The highest BCUT2D eigenvalue weighted by Crippen LogP contribution is 2.13. The Morgan fingerprint density at radius 1 is 1.13 bits per heavy atom. The highest BCUT2D eigenvalue weighted by Gasteiger charge is 2.10. The first-order chi connectivity index (χ1) is 10.1. The zero-order chi connectivity index (χ0) is 15.5. The van der Waals surface area contributed by atoms with Crippen molar-refractivity contribution in [3.05, 3.63) is 35.9 Å². The van der Waals surface area contributed by atoms with Crippen LogP contribution >= 0.6 is 0 Å². The molecule has 1 N–H and O–H groups in total. The van der Waals surface area contributed by atoms with Crippen molar-refractivity contribution < 1.29 is 14.3 Å². The molecule has 1 aromatic rings. The molecule has 0 heterocycles. The van der Waals surface area contributed by atoms with Gasteiger partial charge < -0.3 is 10.1 Å². The number of ketones is 1. The Kier molecular flexibility index (Phi) is 14.1. The third kappa shape index (κ3) is 10.5. The molecule has 1 unspecified atom stereocenters. The lowest BCUT2D eigenvalue weighted by Crippen LogP contribution is -2.25. The molecule has 0 aliphatic heterocycles. The molecule has 0 radical (unpaired) electrons. The van der Waals surface area contributed by atoms with E-state index in [4.69, 9.17) is 4.74 Å². The minimum atomic E-state index is -0.391. The van der Waals surface area contributed by atoms with Crippen molar-refractivity contribution in [3.63, 3.8) is 0 Å².